The Kier molecular flexibility index (Phi) is 5.35. The van der Waals surface area contributed by atoms with Crippen LogP contribution in [0.4, 0.5) is 0 Å². The molecule has 0 saturated carbocycles. The number of rotatable bonds is 2. The zero-order valence-electron chi connectivity index (χ0n) is 7.72. The molecular formula is C7H7NaO4S2. The summed E-state index contributed by atoms with van der Waals surface area (Å²) < 4.78 is 26.4. The zero-order chi connectivity index (χ0) is 10.1. The van der Waals surface area contributed by atoms with Crippen molar-refractivity contribution in [2.45, 2.75) is 9.79 Å². The fraction of sp³-hybridized carbons (Fsp3) is 0.143. The molecule has 14 heavy (non-hydrogen) atoms. The molecule has 0 amide bonds. The van der Waals surface area contributed by atoms with Crippen molar-refractivity contribution < 1.29 is 47.3 Å². The van der Waals surface area contributed by atoms with Crippen molar-refractivity contribution in [2.75, 3.05) is 7.11 Å². The first kappa shape index (κ1) is 14.2. The normalized spacial score (nSPS) is 10.6. The van der Waals surface area contributed by atoms with Gasteiger partial charge in [0, 0.05) is 0 Å². The van der Waals surface area contributed by atoms with E-state index in [1.54, 1.807) is 0 Å². The van der Waals surface area contributed by atoms with E-state index in [-0.39, 0.29) is 45.1 Å². The van der Waals surface area contributed by atoms with Crippen LogP contribution < -0.4 is 29.6 Å². The Labute approximate surface area is 110 Å². The fourth-order valence-electron chi connectivity index (χ4n) is 0.749. The van der Waals surface area contributed by atoms with Gasteiger partial charge in [0.1, 0.15) is 0 Å². The largest absolute Gasteiger partial charge is 1.00 e. The van der Waals surface area contributed by atoms with Gasteiger partial charge in [-0.15, -0.1) is 4.90 Å². The molecule has 0 unspecified atom stereocenters. The Hall–Kier alpha value is 0.150. The zero-order valence-corrected chi connectivity index (χ0v) is 11.4. The van der Waals surface area contributed by atoms with E-state index >= 15 is 0 Å². The van der Waals surface area contributed by atoms with Gasteiger partial charge in [0.25, 0.3) is 10.1 Å². The molecule has 1 N–H and O–H groups in total. The van der Waals surface area contributed by atoms with Crippen LogP contribution in [0.25, 0.3) is 0 Å². The van der Waals surface area contributed by atoms with Crippen LogP contribution in [-0.4, -0.2) is 20.6 Å². The number of phenolic OH excluding ortho intramolecular Hbond substituents is 1. The van der Waals surface area contributed by atoms with Gasteiger partial charge in [-0.1, -0.05) is 6.07 Å². The van der Waals surface area contributed by atoms with Crippen LogP contribution in [0.15, 0.2) is 28.0 Å². The Morgan fingerprint density at radius 1 is 1.43 bits per heavy atom. The van der Waals surface area contributed by atoms with Gasteiger partial charge in [-0.3, -0.25) is 4.18 Å². The molecule has 0 aliphatic heterocycles. The van der Waals surface area contributed by atoms with Crippen molar-refractivity contribution in [3.63, 3.8) is 0 Å². The van der Waals surface area contributed by atoms with Crippen LogP contribution in [0.5, 0.6) is 5.75 Å². The molecule has 0 heterocycles. The topological polar surface area (TPSA) is 63.6 Å². The third-order valence-electron chi connectivity index (χ3n) is 1.44. The summed E-state index contributed by atoms with van der Waals surface area (Å²) in [5.74, 6) is -0.242. The molecule has 72 valence electrons. The minimum atomic E-state index is -3.74. The first-order chi connectivity index (χ1) is 5.97. The fourth-order valence-corrected chi connectivity index (χ4v) is 1.56. The molecule has 1 rings (SSSR count). The third-order valence-corrected chi connectivity index (χ3v) is 3.05. The van der Waals surface area contributed by atoms with E-state index in [1.807, 2.05) is 0 Å². The van der Waals surface area contributed by atoms with Crippen LogP contribution in [0.1, 0.15) is 0 Å². The molecule has 0 aromatic heterocycles. The summed E-state index contributed by atoms with van der Waals surface area (Å²) in [5.41, 5.74) is 0. The molecule has 1 aromatic carbocycles. The number of aromatic hydroxyl groups is 1. The van der Waals surface area contributed by atoms with Gasteiger partial charge in [-0.05, 0) is 12.1 Å². The van der Waals surface area contributed by atoms with Gasteiger partial charge in [-0.25, -0.2) is 0 Å². The smallest absolute Gasteiger partial charge is 0.776 e. The quantitative estimate of drug-likeness (QED) is 0.357. The molecule has 0 radical (unpaired) electrons. The van der Waals surface area contributed by atoms with E-state index in [9.17, 15) is 8.42 Å². The van der Waals surface area contributed by atoms with E-state index in [1.165, 1.54) is 12.1 Å². The number of phenols is 1. The van der Waals surface area contributed by atoms with Crippen molar-refractivity contribution in [1.82, 2.24) is 0 Å². The van der Waals surface area contributed by atoms with Crippen molar-refractivity contribution >= 4 is 22.7 Å². The Morgan fingerprint density at radius 2 is 2.00 bits per heavy atom. The average molecular weight is 242 g/mol. The summed E-state index contributed by atoms with van der Waals surface area (Å²) in [4.78, 5) is 0.0937. The van der Waals surface area contributed by atoms with E-state index in [0.717, 1.165) is 13.2 Å². The summed E-state index contributed by atoms with van der Waals surface area (Å²) in [6.07, 6.45) is 0. The van der Waals surface area contributed by atoms with Crippen LogP contribution in [0.3, 0.4) is 0 Å². The monoisotopic (exact) mass is 242 g/mol. The summed E-state index contributed by atoms with van der Waals surface area (Å²) in [5, 5.41) is 9.13. The first-order valence-corrected chi connectivity index (χ1v) is 5.09. The molecule has 0 spiro atoms. The van der Waals surface area contributed by atoms with Gasteiger partial charge in [-0.2, -0.15) is 8.42 Å². The minimum absolute atomic E-state index is 0. The maximum absolute atomic E-state index is 11.1. The standard InChI is InChI=1S/C7H8O4S2.Na/c1-11-13(9,10)5-2-3-7(12)6(8)4-5;/h2-4,8,12H,1H3;/q;+1/p-1. The second kappa shape index (κ2) is 5.29. The molecule has 1 aromatic rings. The van der Waals surface area contributed by atoms with Gasteiger partial charge in [0.2, 0.25) is 0 Å². The predicted molar refractivity (Wildman–Crippen MR) is 47.9 cm³/mol. The van der Waals surface area contributed by atoms with E-state index in [2.05, 4.69) is 16.8 Å². The molecule has 0 bridgehead atoms. The number of hydrogen-bond donors (Lipinski definition) is 1. The Morgan fingerprint density at radius 3 is 2.43 bits per heavy atom. The maximum atomic E-state index is 11.1. The minimum Gasteiger partial charge on any atom is -0.776 e. The Balaban J connectivity index is 0.00000169. The van der Waals surface area contributed by atoms with Crippen LogP contribution in [0.2, 0.25) is 0 Å². The molecule has 0 saturated heterocycles. The molecule has 7 heteroatoms. The van der Waals surface area contributed by atoms with Crippen LogP contribution in [-0.2, 0) is 26.9 Å². The van der Waals surface area contributed by atoms with Gasteiger partial charge in [0.05, 0.1) is 17.8 Å². The third kappa shape index (κ3) is 3.08. The first-order valence-electron chi connectivity index (χ1n) is 3.28. The van der Waals surface area contributed by atoms with Crippen LogP contribution >= 0.6 is 0 Å². The van der Waals surface area contributed by atoms with E-state index in [4.69, 9.17) is 5.11 Å². The van der Waals surface area contributed by atoms with Gasteiger partial charge < -0.3 is 17.7 Å². The predicted octanol–water partition coefficient (Wildman–Crippen LogP) is -2.36. The average Bonchev–Trinajstić information content (AvgIpc) is 2.09. The summed E-state index contributed by atoms with van der Waals surface area (Å²) >= 11 is 4.69. The molecule has 0 atom stereocenters. The summed E-state index contributed by atoms with van der Waals surface area (Å²) in [6, 6.07) is 3.67. The molecule has 0 aliphatic carbocycles. The Bertz CT molecular complexity index is 416. The maximum Gasteiger partial charge on any atom is 1.00 e. The van der Waals surface area contributed by atoms with Crippen molar-refractivity contribution in [1.29, 1.82) is 0 Å². The second-order valence-electron chi connectivity index (χ2n) is 2.25. The van der Waals surface area contributed by atoms with Gasteiger partial charge in [0.15, 0.2) is 0 Å². The number of benzene rings is 1. The second-order valence-corrected chi connectivity index (χ2v) is 4.40. The molecule has 0 fully saturated rings. The van der Waals surface area contributed by atoms with E-state index < -0.39 is 10.1 Å². The van der Waals surface area contributed by atoms with Crippen molar-refractivity contribution in [3.8, 4) is 5.75 Å². The van der Waals surface area contributed by atoms with Gasteiger partial charge >= 0.3 is 29.6 Å². The molecule has 0 aliphatic rings. The number of hydrogen-bond acceptors (Lipinski definition) is 5. The van der Waals surface area contributed by atoms with Crippen molar-refractivity contribution in [3.05, 3.63) is 18.2 Å². The summed E-state index contributed by atoms with van der Waals surface area (Å²) in [6.45, 7) is 0. The molecule has 4 nitrogen and oxygen atoms in total. The summed E-state index contributed by atoms with van der Waals surface area (Å²) in [7, 11) is -2.69. The van der Waals surface area contributed by atoms with Crippen LogP contribution in [0, 0.1) is 0 Å². The molecular weight excluding hydrogens is 235 g/mol. The van der Waals surface area contributed by atoms with E-state index in [0.29, 0.717) is 0 Å². The van der Waals surface area contributed by atoms with Crippen molar-refractivity contribution in [2.24, 2.45) is 0 Å². The SMILES string of the molecule is COS(=O)(=O)c1ccc([S-])c(O)c1.[Na+].